The van der Waals surface area contributed by atoms with Crippen LogP contribution in [0.4, 0.5) is 0 Å². The van der Waals surface area contributed by atoms with E-state index in [1.807, 2.05) is 22.7 Å². The predicted octanol–water partition coefficient (Wildman–Crippen LogP) is 2.94. The van der Waals surface area contributed by atoms with Gasteiger partial charge in [-0.25, -0.2) is 4.98 Å². The first kappa shape index (κ1) is 14.4. The zero-order valence-electron chi connectivity index (χ0n) is 12.8. The van der Waals surface area contributed by atoms with E-state index < -0.39 is 0 Å². The van der Waals surface area contributed by atoms with Crippen LogP contribution < -0.4 is 4.74 Å². The van der Waals surface area contributed by atoms with Crippen LogP contribution in [0.1, 0.15) is 47.7 Å². The van der Waals surface area contributed by atoms with Gasteiger partial charge in [-0.15, -0.1) is 0 Å². The number of hydrogen-bond donors (Lipinski definition) is 0. The lowest BCUT2D eigenvalue weighted by atomic mass is 10.1. The molecule has 4 nitrogen and oxygen atoms in total. The Kier molecular flexibility index (Phi) is 3.99. The summed E-state index contributed by atoms with van der Waals surface area (Å²) < 4.78 is 5.95. The van der Waals surface area contributed by atoms with Gasteiger partial charge >= 0.3 is 0 Å². The van der Waals surface area contributed by atoms with E-state index >= 15 is 0 Å². The van der Waals surface area contributed by atoms with E-state index in [-0.39, 0.29) is 5.91 Å². The SMILES string of the molecule is O=C(c1ccc(C2CC2)c(OCC2CC2)n1)N1CCSCC1. The third kappa shape index (κ3) is 3.24. The topological polar surface area (TPSA) is 42.4 Å². The number of aromatic nitrogens is 1. The maximum Gasteiger partial charge on any atom is 0.272 e. The molecular weight excluding hydrogens is 296 g/mol. The molecule has 1 saturated heterocycles. The van der Waals surface area contributed by atoms with Crippen LogP contribution in [0, 0.1) is 5.92 Å². The Hall–Kier alpha value is -1.23. The molecular formula is C17H22N2O2S. The third-order valence-electron chi connectivity index (χ3n) is 4.58. The van der Waals surface area contributed by atoms with Crippen molar-refractivity contribution in [2.75, 3.05) is 31.2 Å². The number of amides is 1. The van der Waals surface area contributed by atoms with E-state index in [0.29, 0.717) is 23.4 Å². The van der Waals surface area contributed by atoms with E-state index in [4.69, 9.17) is 4.74 Å². The molecule has 1 amide bonds. The van der Waals surface area contributed by atoms with Gasteiger partial charge in [0.25, 0.3) is 5.91 Å². The predicted molar refractivity (Wildman–Crippen MR) is 87.7 cm³/mol. The average molecular weight is 318 g/mol. The Bertz CT molecular complexity index is 564. The molecule has 1 aromatic rings. The molecule has 0 atom stereocenters. The van der Waals surface area contributed by atoms with Crippen molar-refractivity contribution in [3.05, 3.63) is 23.4 Å². The van der Waals surface area contributed by atoms with Crippen LogP contribution in [-0.2, 0) is 0 Å². The van der Waals surface area contributed by atoms with Crippen LogP contribution in [0.15, 0.2) is 12.1 Å². The Labute approximate surface area is 135 Å². The standard InChI is InChI=1S/C17H22N2O2S/c20-17(19-7-9-22-10-8-19)15-6-5-14(13-3-4-13)16(18-15)21-11-12-1-2-12/h5-6,12-13H,1-4,7-11H2. The Balaban J connectivity index is 1.53. The van der Waals surface area contributed by atoms with Crippen molar-refractivity contribution in [2.24, 2.45) is 5.92 Å². The molecule has 0 aromatic carbocycles. The van der Waals surface area contributed by atoms with Crippen LogP contribution >= 0.6 is 11.8 Å². The zero-order valence-corrected chi connectivity index (χ0v) is 13.6. The van der Waals surface area contributed by atoms with Gasteiger partial charge in [0.15, 0.2) is 0 Å². The number of nitrogens with zero attached hydrogens (tertiary/aromatic N) is 2. The minimum absolute atomic E-state index is 0.0546. The highest BCUT2D eigenvalue weighted by molar-refractivity contribution is 7.99. The number of hydrogen-bond acceptors (Lipinski definition) is 4. The fourth-order valence-corrected chi connectivity index (χ4v) is 3.70. The summed E-state index contributed by atoms with van der Waals surface area (Å²) in [5, 5.41) is 0. The summed E-state index contributed by atoms with van der Waals surface area (Å²) >= 11 is 1.91. The molecule has 22 heavy (non-hydrogen) atoms. The first-order chi connectivity index (χ1) is 10.8. The van der Waals surface area contributed by atoms with Crippen molar-refractivity contribution >= 4 is 17.7 Å². The van der Waals surface area contributed by atoms with Crippen LogP contribution in [0.25, 0.3) is 0 Å². The molecule has 0 unspecified atom stereocenters. The Morgan fingerprint density at radius 2 is 2.00 bits per heavy atom. The van der Waals surface area contributed by atoms with Crippen LogP contribution in [-0.4, -0.2) is 47.0 Å². The quantitative estimate of drug-likeness (QED) is 0.837. The number of ether oxygens (including phenoxy) is 1. The van der Waals surface area contributed by atoms with Crippen LogP contribution in [0.5, 0.6) is 5.88 Å². The molecule has 4 rings (SSSR count). The number of carbonyl (C=O) groups is 1. The fraction of sp³-hybridized carbons (Fsp3) is 0.647. The van der Waals surface area contributed by atoms with Gasteiger partial charge in [0.05, 0.1) is 6.61 Å². The number of pyridine rings is 1. The molecule has 1 aliphatic heterocycles. The van der Waals surface area contributed by atoms with Gasteiger partial charge in [-0.2, -0.15) is 11.8 Å². The van der Waals surface area contributed by atoms with E-state index in [0.717, 1.165) is 31.2 Å². The van der Waals surface area contributed by atoms with Gasteiger partial charge in [-0.3, -0.25) is 4.79 Å². The van der Waals surface area contributed by atoms with E-state index in [1.54, 1.807) is 0 Å². The Morgan fingerprint density at radius 1 is 1.23 bits per heavy atom. The van der Waals surface area contributed by atoms with Crippen molar-refractivity contribution in [2.45, 2.75) is 31.6 Å². The molecule has 0 bridgehead atoms. The molecule has 3 fully saturated rings. The van der Waals surface area contributed by atoms with Gasteiger partial charge in [0, 0.05) is 30.2 Å². The third-order valence-corrected chi connectivity index (χ3v) is 5.52. The monoisotopic (exact) mass is 318 g/mol. The van der Waals surface area contributed by atoms with Crippen LogP contribution in [0.2, 0.25) is 0 Å². The summed E-state index contributed by atoms with van der Waals surface area (Å²) in [5.74, 6) is 4.11. The van der Waals surface area contributed by atoms with Gasteiger partial charge in [-0.05, 0) is 43.6 Å². The summed E-state index contributed by atoms with van der Waals surface area (Å²) in [4.78, 5) is 19.1. The molecule has 0 N–H and O–H groups in total. The highest BCUT2D eigenvalue weighted by Gasteiger charge is 2.30. The second-order valence-electron chi connectivity index (χ2n) is 6.52. The van der Waals surface area contributed by atoms with Gasteiger partial charge in [0.1, 0.15) is 5.69 Å². The maximum absolute atomic E-state index is 12.6. The summed E-state index contributed by atoms with van der Waals surface area (Å²) in [5.41, 5.74) is 1.74. The minimum Gasteiger partial charge on any atom is -0.477 e. The first-order valence-electron chi connectivity index (χ1n) is 8.32. The zero-order chi connectivity index (χ0) is 14.9. The molecule has 2 saturated carbocycles. The minimum atomic E-state index is 0.0546. The second-order valence-corrected chi connectivity index (χ2v) is 7.75. The lowest BCUT2D eigenvalue weighted by molar-refractivity contribution is 0.0765. The van der Waals surface area contributed by atoms with Crippen molar-refractivity contribution in [3.8, 4) is 5.88 Å². The number of thioether (sulfide) groups is 1. The second kappa shape index (κ2) is 6.11. The summed E-state index contributed by atoms with van der Waals surface area (Å²) in [6.07, 6.45) is 4.97. The van der Waals surface area contributed by atoms with Crippen molar-refractivity contribution in [3.63, 3.8) is 0 Å². The lowest BCUT2D eigenvalue weighted by Gasteiger charge is -2.26. The molecule has 5 heteroatoms. The fourth-order valence-electron chi connectivity index (χ4n) is 2.80. The Morgan fingerprint density at radius 3 is 2.68 bits per heavy atom. The first-order valence-corrected chi connectivity index (χ1v) is 9.47. The van der Waals surface area contributed by atoms with Crippen molar-refractivity contribution in [1.29, 1.82) is 0 Å². The van der Waals surface area contributed by atoms with Crippen LogP contribution in [0.3, 0.4) is 0 Å². The number of carbonyl (C=O) groups excluding carboxylic acids is 1. The molecule has 2 heterocycles. The summed E-state index contributed by atoms with van der Waals surface area (Å²) in [6, 6.07) is 3.96. The molecule has 2 aliphatic carbocycles. The van der Waals surface area contributed by atoms with Gasteiger partial charge in [0.2, 0.25) is 5.88 Å². The lowest BCUT2D eigenvalue weighted by Crippen LogP contribution is -2.38. The number of rotatable bonds is 5. The molecule has 3 aliphatic rings. The van der Waals surface area contributed by atoms with Crippen molar-refractivity contribution in [1.82, 2.24) is 9.88 Å². The molecule has 0 radical (unpaired) electrons. The summed E-state index contributed by atoms with van der Waals surface area (Å²) in [7, 11) is 0. The van der Waals surface area contributed by atoms with E-state index in [1.165, 1.54) is 31.2 Å². The highest BCUT2D eigenvalue weighted by Crippen LogP contribution is 2.44. The van der Waals surface area contributed by atoms with Gasteiger partial charge < -0.3 is 9.64 Å². The van der Waals surface area contributed by atoms with Crippen molar-refractivity contribution < 1.29 is 9.53 Å². The molecule has 0 spiro atoms. The maximum atomic E-state index is 12.6. The smallest absolute Gasteiger partial charge is 0.272 e. The summed E-state index contributed by atoms with van der Waals surface area (Å²) in [6.45, 7) is 2.41. The van der Waals surface area contributed by atoms with E-state index in [2.05, 4.69) is 11.1 Å². The molecule has 118 valence electrons. The molecule has 1 aromatic heterocycles. The van der Waals surface area contributed by atoms with E-state index in [9.17, 15) is 4.79 Å². The largest absolute Gasteiger partial charge is 0.477 e. The normalized spacial score (nSPS) is 21.7. The average Bonchev–Trinajstić information content (AvgIpc) is 3.46. The van der Waals surface area contributed by atoms with Gasteiger partial charge in [-0.1, -0.05) is 6.07 Å². The highest BCUT2D eigenvalue weighted by atomic mass is 32.2.